The molecule has 4 aromatic carbocycles. The molecular weight excluding hydrogens is 1580 g/mol. The predicted octanol–water partition coefficient (Wildman–Crippen LogP) is -0.596. The minimum absolute atomic E-state index is 0.0103. The maximum Gasteiger partial charge on any atom is 0.305 e. The lowest BCUT2D eigenvalue weighted by Crippen LogP contribution is -2.61. The van der Waals surface area contributed by atoms with Gasteiger partial charge in [0.15, 0.2) is 5.96 Å². The molecule has 3 heterocycles. The molecule has 1 aliphatic heterocycles. The number of H-pyrrole nitrogens is 2. The minimum Gasteiger partial charge on any atom is -0.481 e. The Hall–Kier alpha value is -12.2. The van der Waals surface area contributed by atoms with Gasteiger partial charge in [0.05, 0.1) is 25.3 Å². The van der Waals surface area contributed by atoms with Crippen molar-refractivity contribution >= 4 is 139 Å². The van der Waals surface area contributed by atoms with Gasteiger partial charge in [0.1, 0.15) is 72.5 Å². The van der Waals surface area contributed by atoms with Crippen LogP contribution in [0, 0.1) is 23.2 Å². The Kier molecular flexibility index (Phi) is 37.7. The van der Waals surface area contributed by atoms with E-state index in [9.17, 15) is 63.0 Å². The molecule has 13 atom stereocenters. The second-order valence-corrected chi connectivity index (χ2v) is 31.9. The maximum absolute atomic E-state index is 15.2. The number of aliphatic hydroxyl groups excluding tert-OH is 1. The van der Waals surface area contributed by atoms with Gasteiger partial charge in [-0.3, -0.25) is 77.3 Å². The molecule has 1 aliphatic rings. The summed E-state index contributed by atoms with van der Waals surface area (Å²) in [5, 5.41) is 68.1. The molecule has 37 nitrogen and oxygen atoms in total. The largest absolute Gasteiger partial charge is 0.481 e. The standard InChI is InChI=1S/C83H116N20O17S/c1-8-10-24-57-74(112)93-58(27-17-18-31-84)75(113)95-61(36-51-39-90-55-26-16-14-23-53(51)55)79(117)102-69(45(5)6)81(119)100-64(71(85)109)42-121-43-66(106)101-68(44(3)4)80(118)98-59(34-47-29-30-48-20-11-12-21-49(48)33-47)78(116)103-70(46(7)9-2)82(120)99-63(41-104)72(110)91-40-65(105)92-56(28-19-32-88-83(86)87)73(111)97-62(37-67(107)108)77(115)96-60(76(114)94-57)35-50-38-89-54-25-15-13-22-52(50)54/h11-16,20-23,25-26,29-30,33,38-39,44-46,56-64,68-70,89-90,104H,8-10,17-19,24,27-28,31-32,34-37,40-43,84H2,1-7H3,(H2,85,109)(H,91,110)(H,92,105)(H,93,112)(H,94,114)(H,95,113)(H,96,115)(H,97,111)(H,98,118)(H,99,120)(H,100,119)(H,101,106)(H,102,117)(H,103,116)(H,107,108)(H4,86,87,88)/t46-,56-,57-,58+,59-,60-,61-,62-,63-,64-,68-,69-,70+/m0/s1. The second kappa shape index (κ2) is 47.6. The Morgan fingerprint density at radius 3 is 1.50 bits per heavy atom. The van der Waals surface area contributed by atoms with E-state index in [1.807, 2.05) is 43.3 Å². The van der Waals surface area contributed by atoms with Crippen molar-refractivity contribution in [2.45, 2.75) is 204 Å². The number of hydrogen-bond acceptors (Lipinski definition) is 19. The number of para-hydroxylation sites is 2. The highest BCUT2D eigenvalue weighted by Crippen LogP contribution is 2.24. The third kappa shape index (κ3) is 29.3. The number of carbonyl (C=O) groups excluding carboxylic acids is 14. The van der Waals surface area contributed by atoms with Gasteiger partial charge < -0.3 is 112 Å². The van der Waals surface area contributed by atoms with E-state index in [-0.39, 0.29) is 76.6 Å². The first-order valence-electron chi connectivity index (χ1n) is 40.7. The number of fused-ring (bicyclic) bond motifs is 3. The monoisotopic (exact) mass is 1700 g/mol. The first kappa shape index (κ1) is 95.9. The number of guanidine groups is 1. The summed E-state index contributed by atoms with van der Waals surface area (Å²) in [5.41, 5.74) is 20.3. The van der Waals surface area contributed by atoms with Crippen LogP contribution in [0.15, 0.2) is 103 Å². The third-order valence-corrected chi connectivity index (χ3v) is 21.8. The molecule has 0 radical (unpaired) electrons. The molecule has 25 N–H and O–H groups in total. The second-order valence-electron chi connectivity index (χ2n) is 30.8. The number of nitrogens with one attached hydrogen (secondary N) is 17. The number of rotatable bonds is 25. The predicted molar refractivity (Wildman–Crippen MR) is 454 cm³/mol. The number of primary amides is 1. The molecule has 656 valence electrons. The summed E-state index contributed by atoms with van der Waals surface area (Å²) in [5.74, 6) is -18.2. The van der Waals surface area contributed by atoms with E-state index in [2.05, 4.69) is 84.4 Å². The zero-order chi connectivity index (χ0) is 88.6. The molecule has 1 fully saturated rings. The van der Waals surface area contributed by atoms with Gasteiger partial charge in [-0.2, -0.15) is 0 Å². The van der Waals surface area contributed by atoms with Crippen LogP contribution in [-0.4, -0.2) is 225 Å². The van der Waals surface area contributed by atoms with Gasteiger partial charge in [0.25, 0.3) is 0 Å². The fourth-order valence-electron chi connectivity index (χ4n) is 13.7. The number of carboxylic acids is 1. The Bertz CT molecular complexity index is 4650. The van der Waals surface area contributed by atoms with Crippen molar-refractivity contribution in [2.24, 2.45) is 35.0 Å². The molecule has 0 unspecified atom stereocenters. The number of aromatic amines is 2. The molecule has 2 aromatic heterocycles. The van der Waals surface area contributed by atoms with Crippen LogP contribution >= 0.6 is 11.8 Å². The number of unbranched alkanes of at least 4 members (excludes halogenated alkanes) is 2. The normalized spacial score (nSPS) is 23.2. The van der Waals surface area contributed by atoms with E-state index in [4.69, 9.17) is 22.6 Å². The van der Waals surface area contributed by atoms with Crippen molar-refractivity contribution in [3.8, 4) is 0 Å². The SMILES string of the molecule is CCCC[C@@H]1NC(=O)[C@H](Cc2c[nH]c3ccccc23)NC(=O)[C@H](CC(=O)O)NC(=O)[C@H](CCCNC(=N)N)NC(=O)CNC(=O)[C@H](CO)NC(=O)[C@@H]([C@@H](C)CC)NC(=O)[C@H](Cc2ccc3ccccc3c2)NC(=O)[C@H](C(C)C)NC(=O)CSC[C@@H](C(N)=O)NC(=O)[C@H](C(C)C)NC(=O)[C@H](Cc2c[nH]c3ccccc23)NC(=O)[C@@H](CCCCN)NC1=O. The molecule has 0 bridgehead atoms. The highest BCUT2D eigenvalue weighted by atomic mass is 32.2. The summed E-state index contributed by atoms with van der Waals surface area (Å²) in [7, 11) is 0. The smallest absolute Gasteiger partial charge is 0.305 e. The lowest BCUT2D eigenvalue weighted by atomic mass is 9.96. The number of thioether (sulfide) groups is 1. The van der Waals surface area contributed by atoms with Crippen molar-refractivity contribution in [1.29, 1.82) is 5.41 Å². The van der Waals surface area contributed by atoms with Crippen molar-refractivity contribution in [3.63, 3.8) is 0 Å². The molecule has 1 saturated heterocycles. The van der Waals surface area contributed by atoms with E-state index < -0.39 is 210 Å². The number of nitrogens with two attached hydrogens (primary N) is 3. The summed E-state index contributed by atoms with van der Waals surface area (Å²) in [6, 6.07) is 8.26. The van der Waals surface area contributed by atoms with Gasteiger partial charge in [-0.25, -0.2) is 0 Å². The van der Waals surface area contributed by atoms with Crippen LogP contribution in [0.25, 0.3) is 32.6 Å². The Balaban J connectivity index is 1.27. The molecule has 6 aromatic rings. The van der Waals surface area contributed by atoms with Crippen LogP contribution < -0.4 is 91.6 Å². The van der Waals surface area contributed by atoms with Crippen LogP contribution in [0.1, 0.15) is 129 Å². The Morgan fingerprint density at radius 1 is 0.496 bits per heavy atom. The lowest BCUT2D eigenvalue weighted by Gasteiger charge is -2.29. The van der Waals surface area contributed by atoms with Gasteiger partial charge in [-0.1, -0.05) is 147 Å². The average molecular weight is 1700 g/mol. The van der Waals surface area contributed by atoms with Crippen LogP contribution in [-0.2, 0) is 91.2 Å². The number of carboxylic acid groups (broad SMARTS) is 1. The number of aromatic nitrogens is 2. The summed E-state index contributed by atoms with van der Waals surface area (Å²) in [6.45, 7) is 9.80. The Labute approximate surface area is 704 Å². The van der Waals surface area contributed by atoms with E-state index >= 15 is 19.2 Å². The van der Waals surface area contributed by atoms with Gasteiger partial charge in [-0.15, -0.1) is 11.8 Å². The third-order valence-electron chi connectivity index (χ3n) is 20.8. The van der Waals surface area contributed by atoms with Crippen molar-refractivity contribution in [1.82, 2.24) is 84.4 Å². The molecule has 121 heavy (non-hydrogen) atoms. The molecule has 0 spiro atoms. The first-order valence-corrected chi connectivity index (χ1v) is 41.8. The van der Waals surface area contributed by atoms with Crippen LogP contribution in [0.3, 0.4) is 0 Å². The summed E-state index contributed by atoms with van der Waals surface area (Å²) < 4.78 is 0. The molecule has 7 rings (SSSR count). The number of hydrogen-bond donors (Lipinski definition) is 22. The number of benzene rings is 4. The van der Waals surface area contributed by atoms with E-state index in [0.717, 1.165) is 22.5 Å². The first-order chi connectivity index (χ1) is 57.7. The van der Waals surface area contributed by atoms with E-state index in [0.29, 0.717) is 57.8 Å². The van der Waals surface area contributed by atoms with Gasteiger partial charge in [0, 0.05) is 65.8 Å². The maximum atomic E-state index is 15.2. The number of aliphatic hydroxyl groups is 1. The zero-order valence-corrected chi connectivity index (χ0v) is 69.9. The highest BCUT2D eigenvalue weighted by Gasteiger charge is 2.39. The fraction of sp³-hybridized carbons (Fsp3) is 0.494. The summed E-state index contributed by atoms with van der Waals surface area (Å²) in [6.07, 6.45) is 2.71. The molecular formula is C83H116N20O17S. The molecule has 0 saturated carbocycles. The van der Waals surface area contributed by atoms with Crippen molar-refractivity contribution in [2.75, 3.05) is 37.7 Å². The fourth-order valence-corrected chi connectivity index (χ4v) is 14.6. The van der Waals surface area contributed by atoms with Crippen LogP contribution in [0.5, 0.6) is 0 Å². The number of aliphatic carboxylic acids is 1. The number of amides is 14. The zero-order valence-electron chi connectivity index (χ0n) is 69.1. The molecule has 0 aliphatic carbocycles. The summed E-state index contributed by atoms with van der Waals surface area (Å²) >= 11 is 0.866. The van der Waals surface area contributed by atoms with E-state index in [1.54, 1.807) is 109 Å². The van der Waals surface area contributed by atoms with Gasteiger partial charge in [-0.05, 0) is 102 Å². The van der Waals surface area contributed by atoms with Crippen LogP contribution in [0.4, 0.5) is 0 Å². The average Bonchev–Trinajstić information content (AvgIpc) is 1.34. The topological polar surface area (TPSA) is 598 Å². The van der Waals surface area contributed by atoms with Crippen LogP contribution in [0.2, 0.25) is 0 Å². The molecule has 38 heteroatoms. The summed E-state index contributed by atoms with van der Waals surface area (Å²) in [4.78, 5) is 222. The highest BCUT2D eigenvalue weighted by molar-refractivity contribution is 8.00. The van der Waals surface area contributed by atoms with Gasteiger partial charge >= 0.3 is 5.97 Å². The minimum atomic E-state index is -2.00. The quantitative estimate of drug-likeness (QED) is 0.0193. The lowest BCUT2D eigenvalue weighted by molar-refractivity contribution is -0.141. The number of carbonyl (C=O) groups is 15. The van der Waals surface area contributed by atoms with E-state index in [1.165, 1.54) is 0 Å². The van der Waals surface area contributed by atoms with Gasteiger partial charge in [0.2, 0.25) is 82.7 Å². The van der Waals surface area contributed by atoms with Crippen molar-refractivity contribution in [3.05, 3.63) is 120 Å². The Morgan fingerprint density at radius 2 is 0.959 bits per heavy atom. The van der Waals surface area contributed by atoms with Crippen molar-refractivity contribution < 1.29 is 82.1 Å². The molecule has 14 amide bonds.